The number of fused-ring (bicyclic) bond motifs is 1. The second-order valence-electron chi connectivity index (χ2n) is 6.86. The molecule has 2 aromatic rings. The maximum atomic E-state index is 5.98. The van der Waals surface area contributed by atoms with Gasteiger partial charge in [-0.2, -0.15) is 21.8 Å². The minimum atomic E-state index is 0.382. The van der Waals surface area contributed by atoms with Gasteiger partial charge in [-0.1, -0.05) is 0 Å². The van der Waals surface area contributed by atoms with Crippen LogP contribution in [0.2, 0.25) is 0 Å². The van der Waals surface area contributed by atoms with Crippen molar-refractivity contribution < 1.29 is 0 Å². The van der Waals surface area contributed by atoms with Crippen LogP contribution in [0.4, 0.5) is 11.8 Å². The van der Waals surface area contributed by atoms with Gasteiger partial charge in [0.05, 0.1) is 11.9 Å². The van der Waals surface area contributed by atoms with Gasteiger partial charge in [-0.05, 0) is 18.6 Å². The molecule has 1 fully saturated rings. The first-order valence-corrected chi connectivity index (χ1v) is 10.0. The van der Waals surface area contributed by atoms with E-state index < -0.39 is 0 Å². The van der Waals surface area contributed by atoms with E-state index in [4.69, 9.17) is 5.73 Å². The summed E-state index contributed by atoms with van der Waals surface area (Å²) in [6.45, 7) is 2.91. The van der Waals surface area contributed by atoms with Crippen molar-refractivity contribution >= 4 is 23.5 Å². The molecule has 8 heteroatoms. The fourth-order valence-corrected chi connectivity index (χ4v) is 4.75. The lowest BCUT2D eigenvalue weighted by Gasteiger charge is -2.19. The summed E-state index contributed by atoms with van der Waals surface area (Å²) >= 11 is 2.00. The number of anilines is 2. The highest BCUT2D eigenvalue weighted by Crippen LogP contribution is 2.26. The van der Waals surface area contributed by atoms with E-state index in [1.165, 1.54) is 23.3 Å². The van der Waals surface area contributed by atoms with E-state index in [1.807, 2.05) is 29.7 Å². The van der Waals surface area contributed by atoms with Crippen molar-refractivity contribution in [2.75, 3.05) is 35.6 Å². The van der Waals surface area contributed by atoms with Crippen LogP contribution in [0, 0.1) is 0 Å². The van der Waals surface area contributed by atoms with Crippen molar-refractivity contribution in [3.8, 4) is 0 Å². The fraction of sp³-hybridized carbons (Fsp3) is 0.588. The van der Waals surface area contributed by atoms with Gasteiger partial charge in [-0.25, -0.2) is 4.98 Å². The van der Waals surface area contributed by atoms with Crippen LogP contribution in [0.3, 0.4) is 0 Å². The van der Waals surface area contributed by atoms with Gasteiger partial charge in [0.1, 0.15) is 5.82 Å². The van der Waals surface area contributed by atoms with Crippen LogP contribution in [0.1, 0.15) is 23.2 Å². The molecule has 0 radical (unpaired) electrons. The summed E-state index contributed by atoms with van der Waals surface area (Å²) < 4.78 is 1.86. The zero-order valence-corrected chi connectivity index (χ0v) is 15.4. The highest BCUT2D eigenvalue weighted by Gasteiger charge is 2.23. The van der Waals surface area contributed by atoms with Gasteiger partial charge < -0.3 is 11.1 Å². The Morgan fingerprint density at radius 2 is 2.20 bits per heavy atom. The summed E-state index contributed by atoms with van der Waals surface area (Å²) in [6, 6.07) is 0.498. The molecule has 0 amide bonds. The molecule has 0 aromatic carbocycles. The number of nitrogens with one attached hydrogen (secondary N) is 1. The normalized spacial score (nSPS) is 21.1. The molecule has 3 N–H and O–H groups in total. The number of hydrogen-bond acceptors (Lipinski definition) is 7. The molecule has 4 rings (SSSR count). The molecule has 0 saturated carbocycles. The number of thioether (sulfide) groups is 1. The molecule has 0 spiro atoms. The zero-order valence-electron chi connectivity index (χ0n) is 14.6. The number of aromatic nitrogens is 4. The average Bonchev–Trinajstić information content (AvgIpc) is 3.18. The van der Waals surface area contributed by atoms with Gasteiger partial charge in [-0.3, -0.25) is 9.58 Å². The molecule has 134 valence electrons. The molecule has 2 aliphatic rings. The number of aryl methyl sites for hydroxylation is 1. The first kappa shape index (κ1) is 16.7. The van der Waals surface area contributed by atoms with Gasteiger partial charge in [0.2, 0.25) is 5.95 Å². The Balaban J connectivity index is 1.50. The van der Waals surface area contributed by atoms with Crippen molar-refractivity contribution in [3.05, 3.63) is 29.2 Å². The van der Waals surface area contributed by atoms with E-state index in [0.717, 1.165) is 49.7 Å². The number of nitrogens with zero attached hydrogens (tertiary/aromatic N) is 5. The maximum Gasteiger partial charge on any atom is 0.222 e. The maximum absolute atomic E-state index is 5.98. The molecule has 1 atom stereocenters. The molecule has 0 unspecified atom stereocenters. The van der Waals surface area contributed by atoms with E-state index in [1.54, 1.807) is 0 Å². The molecule has 1 saturated heterocycles. The lowest BCUT2D eigenvalue weighted by atomic mass is 10.1. The molecular formula is C17H25N7S. The van der Waals surface area contributed by atoms with Gasteiger partial charge in [-0.15, -0.1) is 0 Å². The average molecular weight is 360 g/mol. The number of nitrogens with two attached hydrogens (primary N) is 1. The third-order valence-corrected chi connectivity index (χ3v) is 6.05. The van der Waals surface area contributed by atoms with E-state index in [-0.39, 0.29) is 0 Å². The molecule has 25 heavy (non-hydrogen) atoms. The Morgan fingerprint density at radius 1 is 1.32 bits per heavy atom. The monoisotopic (exact) mass is 359 g/mol. The Kier molecular flexibility index (Phi) is 4.80. The number of hydrogen-bond donors (Lipinski definition) is 2. The molecule has 4 heterocycles. The van der Waals surface area contributed by atoms with Crippen LogP contribution >= 0.6 is 11.8 Å². The van der Waals surface area contributed by atoms with Crippen LogP contribution < -0.4 is 11.1 Å². The van der Waals surface area contributed by atoms with Gasteiger partial charge in [0, 0.05) is 62.2 Å². The Labute approximate surface area is 152 Å². The zero-order chi connectivity index (χ0) is 17.2. The van der Waals surface area contributed by atoms with Crippen LogP contribution in [0.5, 0.6) is 0 Å². The predicted molar refractivity (Wildman–Crippen MR) is 102 cm³/mol. The van der Waals surface area contributed by atoms with Crippen molar-refractivity contribution in [2.45, 2.75) is 31.8 Å². The Bertz CT molecular complexity index is 739. The van der Waals surface area contributed by atoms with Crippen molar-refractivity contribution in [3.63, 3.8) is 0 Å². The lowest BCUT2D eigenvalue weighted by molar-refractivity contribution is 0.279. The minimum absolute atomic E-state index is 0.382. The van der Waals surface area contributed by atoms with Gasteiger partial charge in [0.25, 0.3) is 0 Å². The number of rotatable bonds is 4. The Hall–Kier alpha value is -1.80. The van der Waals surface area contributed by atoms with Gasteiger partial charge >= 0.3 is 0 Å². The SMILES string of the molecule is Cn1cc(CN2CCc3nc(N)nc(N[C@H]4CCSC4)c3CC2)cn1. The highest BCUT2D eigenvalue weighted by molar-refractivity contribution is 7.99. The molecule has 2 aromatic heterocycles. The third kappa shape index (κ3) is 3.90. The lowest BCUT2D eigenvalue weighted by Crippen LogP contribution is -2.26. The van der Waals surface area contributed by atoms with Crippen molar-refractivity contribution in [1.82, 2.24) is 24.6 Å². The Morgan fingerprint density at radius 3 is 2.96 bits per heavy atom. The smallest absolute Gasteiger partial charge is 0.222 e. The molecular weight excluding hydrogens is 334 g/mol. The predicted octanol–water partition coefficient (Wildman–Crippen LogP) is 1.31. The topological polar surface area (TPSA) is 84.9 Å². The summed E-state index contributed by atoms with van der Waals surface area (Å²) in [5, 5.41) is 7.89. The van der Waals surface area contributed by atoms with Crippen LogP contribution in [0.15, 0.2) is 12.4 Å². The molecule has 7 nitrogen and oxygen atoms in total. The molecule has 0 aliphatic carbocycles. The van der Waals surface area contributed by atoms with Crippen molar-refractivity contribution in [1.29, 1.82) is 0 Å². The summed E-state index contributed by atoms with van der Waals surface area (Å²) in [4.78, 5) is 11.5. The largest absolute Gasteiger partial charge is 0.368 e. The van der Waals surface area contributed by atoms with E-state index >= 15 is 0 Å². The third-order valence-electron chi connectivity index (χ3n) is 4.89. The van der Waals surface area contributed by atoms with Crippen LogP contribution in [0.25, 0.3) is 0 Å². The van der Waals surface area contributed by atoms with E-state index in [9.17, 15) is 0 Å². The first-order valence-electron chi connectivity index (χ1n) is 8.87. The first-order chi connectivity index (χ1) is 12.2. The summed E-state index contributed by atoms with van der Waals surface area (Å²) in [7, 11) is 1.96. The quantitative estimate of drug-likeness (QED) is 0.851. The summed E-state index contributed by atoms with van der Waals surface area (Å²) in [5.41, 5.74) is 9.58. The fourth-order valence-electron chi connectivity index (χ4n) is 3.60. The van der Waals surface area contributed by atoms with Crippen LogP contribution in [-0.2, 0) is 26.4 Å². The summed E-state index contributed by atoms with van der Waals surface area (Å²) in [5.74, 6) is 3.70. The second kappa shape index (κ2) is 7.21. The number of nitrogen functional groups attached to an aromatic ring is 1. The minimum Gasteiger partial charge on any atom is -0.368 e. The molecule has 2 aliphatic heterocycles. The van der Waals surface area contributed by atoms with E-state index in [2.05, 4.69) is 31.5 Å². The highest BCUT2D eigenvalue weighted by atomic mass is 32.2. The standard InChI is InChI=1S/C17H25N7S/c1-23-9-12(8-19-23)10-24-5-2-14-15(3-6-24)21-17(18)22-16(14)20-13-4-7-25-11-13/h8-9,13H,2-7,10-11H2,1H3,(H3,18,20,21,22)/t13-/m0/s1. The van der Waals surface area contributed by atoms with E-state index in [0.29, 0.717) is 12.0 Å². The summed E-state index contributed by atoms with van der Waals surface area (Å²) in [6.07, 6.45) is 7.09. The molecule has 0 bridgehead atoms. The van der Waals surface area contributed by atoms with Gasteiger partial charge in [0.15, 0.2) is 0 Å². The second-order valence-corrected chi connectivity index (χ2v) is 8.01. The van der Waals surface area contributed by atoms with Crippen LogP contribution in [-0.4, -0.2) is 55.3 Å². The van der Waals surface area contributed by atoms with Crippen molar-refractivity contribution in [2.24, 2.45) is 7.05 Å².